The average Bonchev–Trinajstić information content (AvgIpc) is 1.71. The molecule has 23 nitrogen and oxygen atoms in total. The van der Waals surface area contributed by atoms with Gasteiger partial charge in [0.1, 0.15) is 53.0 Å². The summed E-state index contributed by atoms with van der Waals surface area (Å²) in [5.74, 6) is 14.4. The maximum atomic E-state index is 12.8. The Morgan fingerprint density at radius 1 is 0.559 bits per heavy atom. The molecule has 0 saturated carbocycles. The molecule has 13 rings (SSSR count). The molecule has 3 amide bonds. The number of Topliss-reactive ketones (excluding diaryl/α,β-unsaturated/α-hetero) is 2. The highest BCUT2D eigenvalue weighted by Crippen LogP contribution is 2.33. The van der Waals surface area contributed by atoms with Crippen molar-refractivity contribution < 1.29 is 33.4 Å². The highest BCUT2D eigenvalue weighted by molar-refractivity contribution is 6.00. The number of urea groups is 1. The first kappa shape index (κ1) is 63.7. The molecular weight excluding hydrogens is 1180 g/mol. The summed E-state index contributed by atoms with van der Waals surface area (Å²) in [4.78, 5) is 90.7. The van der Waals surface area contributed by atoms with Crippen molar-refractivity contribution in [1.82, 2.24) is 39.9 Å². The van der Waals surface area contributed by atoms with Crippen molar-refractivity contribution in [1.29, 1.82) is 0 Å². The number of amides is 3. The molecule has 0 aliphatic carbocycles. The van der Waals surface area contributed by atoms with Gasteiger partial charge in [0.2, 0.25) is 11.6 Å². The van der Waals surface area contributed by atoms with Gasteiger partial charge in [0.25, 0.3) is 0 Å². The van der Waals surface area contributed by atoms with Crippen molar-refractivity contribution in [2.24, 2.45) is 11.8 Å². The SMILES string of the molecule is CC#CC(=O)C[C@@H]1CCCN(c2ccnc(NC(=O)Nc3ccc(-c4cc5c(N6CCOCC6)ncnc5[nH]4)cc3)c2)C1.CC#CC(=O)C[C@@H]1CCCN(c2ccnc(NC(=O)Oc3ccccc3)c2)C1.Nc1ccc(-c2cc3c(N4CCOCC4)ncnc3[nH]2)cc1. The number of aromatic nitrogens is 8. The zero-order valence-electron chi connectivity index (χ0n) is 52.1. The lowest BCUT2D eigenvalue weighted by Crippen LogP contribution is -2.36. The third-order valence-corrected chi connectivity index (χ3v) is 16.3. The molecule has 476 valence electrons. The quantitative estimate of drug-likeness (QED) is 0.0335. The van der Waals surface area contributed by atoms with Crippen LogP contribution in [0.2, 0.25) is 0 Å². The number of carbonyl (C=O) groups is 4. The van der Waals surface area contributed by atoms with Gasteiger partial charge in [-0.3, -0.25) is 20.2 Å². The first-order valence-electron chi connectivity index (χ1n) is 31.2. The molecule has 3 aromatic carbocycles. The maximum absolute atomic E-state index is 12.8. The first-order chi connectivity index (χ1) is 45.5. The third kappa shape index (κ3) is 17.3. The van der Waals surface area contributed by atoms with Gasteiger partial charge >= 0.3 is 12.1 Å². The van der Waals surface area contributed by atoms with E-state index in [9.17, 15) is 19.2 Å². The molecule has 0 spiro atoms. The van der Waals surface area contributed by atoms with Crippen LogP contribution in [0.4, 0.5) is 55.6 Å². The summed E-state index contributed by atoms with van der Waals surface area (Å²) in [7, 11) is 0. The van der Waals surface area contributed by atoms with E-state index in [1.54, 1.807) is 63.2 Å². The van der Waals surface area contributed by atoms with Crippen LogP contribution >= 0.6 is 0 Å². The van der Waals surface area contributed by atoms with Gasteiger partial charge in [0.05, 0.1) is 37.2 Å². The molecule has 0 bridgehead atoms. The number of benzene rings is 3. The Bertz CT molecular complexity index is 4170. The number of H-pyrrole nitrogens is 2. The van der Waals surface area contributed by atoms with Gasteiger partial charge in [-0.05, 0) is 135 Å². The highest BCUT2D eigenvalue weighted by Gasteiger charge is 2.25. The van der Waals surface area contributed by atoms with Crippen molar-refractivity contribution in [3.8, 4) is 51.9 Å². The number of nitrogen functional groups attached to an aromatic ring is 1. The van der Waals surface area contributed by atoms with Crippen LogP contribution < -0.4 is 46.0 Å². The number of anilines is 8. The molecule has 10 heterocycles. The number of ether oxygens (including phenoxy) is 3. The Balaban J connectivity index is 0.000000152. The van der Waals surface area contributed by atoms with E-state index >= 15 is 0 Å². The molecule has 4 aliphatic rings. The van der Waals surface area contributed by atoms with E-state index < -0.39 is 6.09 Å². The fourth-order valence-electron chi connectivity index (χ4n) is 11.8. The van der Waals surface area contributed by atoms with E-state index in [1.807, 2.05) is 78.9 Å². The number of nitrogens with two attached hydrogens (primary N) is 1. The summed E-state index contributed by atoms with van der Waals surface area (Å²) in [6.45, 7) is 12.9. The van der Waals surface area contributed by atoms with Crippen molar-refractivity contribution in [2.75, 3.05) is 120 Å². The number of aromatic amines is 2. The largest absolute Gasteiger partial charge is 0.418 e. The zero-order chi connectivity index (χ0) is 64.3. The Kier molecular flexibility index (Phi) is 21.4. The molecule has 7 N–H and O–H groups in total. The number of nitrogens with zero attached hydrogens (tertiary/aromatic N) is 10. The zero-order valence-corrected chi connectivity index (χ0v) is 52.1. The van der Waals surface area contributed by atoms with Gasteiger partial charge in [0.15, 0.2) is 0 Å². The lowest BCUT2D eigenvalue weighted by molar-refractivity contribution is -0.115. The lowest BCUT2D eigenvalue weighted by atomic mass is 9.92. The molecule has 23 heteroatoms. The van der Waals surface area contributed by atoms with Crippen LogP contribution in [-0.4, -0.2) is 142 Å². The fraction of sp³-hybridized carbons (Fsp3) is 0.314. The Hall–Kier alpha value is -10.9. The van der Waals surface area contributed by atoms with Gasteiger partial charge in [-0.15, -0.1) is 0 Å². The lowest BCUT2D eigenvalue weighted by Gasteiger charge is -2.34. The van der Waals surface area contributed by atoms with E-state index in [0.29, 0.717) is 49.1 Å². The minimum absolute atomic E-state index is 0.00454. The maximum Gasteiger partial charge on any atom is 0.418 e. The summed E-state index contributed by atoms with van der Waals surface area (Å²) in [5.41, 5.74) is 14.7. The Labute approximate surface area is 539 Å². The second-order valence-corrected chi connectivity index (χ2v) is 22.8. The standard InChI is InChI=1S/C32H34N8O3.C22H23N3O3.C16H17N5O/c1-2-4-26(41)17-22-5-3-12-40(20-22)25-10-11-33-29(18-25)38-32(42)36-24-8-6-23(7-9-24)28-19-27-30(37-28)34-21-35-31(27)39-13-15-43-16-14-39;1-2-7-19(26)14-17-8-6-13-25(16-17)18-11-12-23-21(15-18)24-22(27)28-20-9-4-3-5-10-20;17-12-3-1-11(2-4-12)14-9-13-15(20-14)18-10-19-16(13)21-5-7-22-8-6-21/h6-11,18-19,21-22H,3,5,12-17,20H2,1H3,(H,34,35,37)(H2,33,36,38,42);3-5,9-12,15,17H,6,8,13-14,16H2,1H3,(H,23,24,27);1-4,9-10H,5-8,17H2,(H,18,19,20)/t22-;17-;/m00./s1. The topological polar surface area (TPSA) is 280 Å². The van der Waals surface area contributed by atoms with Crippen LogP contribution in [0.1, 0.15) is 52.4 Å². The van der Waals surface area contributed by atoms with Crippen LogP contribution in [0.3, 0.4) is 0 Å². The van der Waals surface area contributed by atoms with Gasteiger partial charge in [0, 0.05) is 124 Å². The molecule has 6 aromatic heterocycles. The summed E-state index contributed by atoms with van der Waals surface area (Å²) in [5, 5.41) is 10.4. The second kappa shape index (κ2) is 31.2. The number of morpholine rings is 2. The molecular formula is C70H74N16O7. The number of rotatable bonds is 14. The van der Waals surface area contributed by atoms with Gasteiger partial charge < -0.3 is 54.8 Å². The Morgan fingerprint density at radius 2 is 1.04 bits per heavy atom. The fourth-order valence-corrected chi connectivity index (χ4v) is 11.8. The molecule has 93 heavy (non-hydrogen) atoms. The summed E-state index contributed by atoms with van der Waals surface area (Å²) in [6.07, 6.45) is 10.9. The number of hydrogen-bond donors (Lipinski definition) is 6. The van der Waals surface area contributed by atoms with Crippen LogP contribution in [-0.2, 0) is 19.1 Å². The number of nitrogens with one attached hydrogen (secondary N) is 5. The molecule has 0 radical (unpaired) electrons. The summed E-state index contributed by atoms with van der Waals surface area (Å²) < 4.78 is 16.1. The molecule has 4 aliphatic heterocycles. The number of para-hydroxylation sites is 1. The van der Waals surface area contributed by atoms with Crippen LogP contribution in [0.25, 0.3) is 44.6 Å². The predicted molar refractivity (Wildman–Crippen MR) is 362 cm³/mol. The van der Waals surface area contributed by atoms with E-state index in [0.717, 1.165) is 165 Å². The van der Waals surface area contributed by atoms with E-state index in [4.69, 9.17) is 19.9 Å². The van der Waals surface area contributed by atoms with Crippen molar-refractivity contribution in [3.63, 3.8) is 0 Å². The number of carbonyl (C=O) groups excluding carboxylic acids is 4. The van der Waals surface area contributed by atoms with Crippen LogP contribution in [0, 0.1) is 35.5 Å². The molecule has 9 aromatic rings. The normalized spacial score (nSPS) is 16.2. The smallest absolute Gasteiger partial charge is 0.410 e. The monoisotopic (exact) mass is 1250 g/mol. The Morgan fingerprint density at radius 3 is 1.54 bits per heavy atom. The van der Waals surface area contributed by atoms with Crippen LogP contribution in [0.5, 0.6) is 5.75 Å². The van der Waals surface area contributed by atoms with Crippen molar-refractivity contribution in [3.05, 3.63) is 140 Å². The predicted octanol–water partition coefficient (Wildman–Crippen LogP) is 10.6. The molecule has 4 fully saturated rings. The summed E-state index contributed by atoms with van der Waals surface area (Å²) >= 11 is 0. The van der Waals surface area contributed by atoms with E-state index in [-0.39, 0.29) is 29.4 Å². The van der Waals surface area contributed by atoms with Crippen molar-refractivity contribution in [2.45, 2.75) is 52.4 Å². The average molecular weight is 1250 g/mol. The number of fused-ring (bicyclic) bond motifs is 2. The number of pyridine rings is 2. The number of hydrogen-bond acceptors (Lipinski definition) is 18. The van der Waals surface area contributed by atoms with Gasteiger partial charge in [-0.25, -0.2) is 39.5 Å². The van der Waals surface area contributed by atoms with Gasteiger partial charge in [-0.1, -0.05) is 54.3 Å². The van der Waals surface area contributed by atoms with E-state index in [2.05, 4.69) is 111 Å². The highest BCUT2D eigenvalue weighted by atomic mass is 16.6. The second-order valence-electron chi connectivity index (χ2n) is 22.8. The minimum Gasteiger partial charge on any atom is -0.410 e. The van der Waals surface area contributed by atoms with Crippen LogP contribution in [0.15, 0.2) is 140 Å². The van der Waals surface area contributed by atoms with Gasteiger partial charge in [-0.2, -0.15) is 0 Å². The molecule has 0 unspecified atom stereocenters. The van der Waals surface area contributed by atoms with E-state index in [1.165, 1.54) is 0 Å². The first-order valence-corrected chi connectivity index (χ1v) is 31.2. The molecule has 2 atom stereocenters. The third-order valence-electron chi connectivity index (χ3n) is 16.3. The summed E-state index contributed by atoms with van der Waals surface area (Å²) in [6, 6.07) is 35.6. The number of ketones is 2. The molecule has 4 saturated heterocycles. The number of piperidine rings is 2. The minimum atomic E-state index is -0.587. The van der Waals surface area contributed by atoms with Crippen molar-refractivity contribution >= 4 is 91.8 Å².